The first kappa shape index (κ1) is 20.2. The van der Waals surface area contributed by atoms with Gasteiger partial charge < -0.3 is 29.5 Å². The zero-order valence-electron chi connectivity index (χ0n) is 16.5. The largest absolute Gasteiger partial charge is 0.491 e. The average molecular weight is 408 g/mol. The lowest BCUT2D eigenvalue weighted by molar-refractivity contribution is 0.201. The fourth-order valence-electron chi connectivity index (χ4n) is 3.72. The Balaban J connectivity index is 2.03. The molecule has 4 aromatic rings. The maximum absolute atomic E-state index is 9.24. The minimum Gasteiger partial charge on any atom is -0.491 e. The predicted octanol–water partition coefficient (Wildman–Crippen LogP) is 3.26. The summed E-state index contributed by atoms with van der Waals surface area (Å²) >= 11 is 0. The van der Waals surface area contributed by atoms with Gasteiger partial charge in [-0.3, -0.25) is 0 Å². The van der Waals surface area contributed by atoms with Crippen LogP contribution in [0.1, 0.15) is 0 Å². The molecule has 4 rings (SSSR count). The zero-order chi connectivity index (χ0) is 20.9. The van der Waals surface area contributed by atoms with Gasteiger partial charge in [-0.05, 0) is 51.9 Å². The van der Waals surface area contributed by atoms with Crippen molar-refractivity contribution in [2.75, 3.05) is 39.6 Å². The lowest BCUT2D eigenvalue weighted by Gasteiger charge is -2.16. The molecular weight excluding hydrogens is 384 g/mol. The lowest BCUT2D eigenvalue weighted by Crippen LogP contribution is -2.04. The summed E-state index contributed by atoms with van der Waals surface area (Å²) < 4.78 is 17.3. The highest BCUT2D eigenvalue weighted by atomic mass is 16.5. The number of hydrogen-bond donors (Lipinski definition) is 3. The van der Waals surface area contributed by atoms with Crippen LogP contribution in [0.25, 0.3) is 32.3 Å². The number of ether oxygens (including phenoxy) is 3. The summed E-state index contributed by atoms with van der Waals surface area (Å²) in [6.45, 7) is 0.390. The fourth-order valence-corrected chi connectivity index (χ4v) is 3.72. The molecule has 0 aromatic heterocycles. The van der Waals surface area contributed by atoms with E-state index in [1.165, 1.54) is 0 Å². The molecule has 0 bridgehead atoms. The van der Waals surface area contributed by atoms with E-state index < -0.39 is 0 Å². The van der Waals surface area contributed by atoms with E-state index in [9.17, 15) is 10.2 Å². The van der Waals surface area contributed by atoms with Gasteiger partial charge in [-0.15, -0.1) is 0 Å². The van der Waals surface area contributed by atoms with E-state index in [2.05, 4.69) is 0 Å². The van der Waals surface area contributed by atoms with Crippen molar-refractivity contribution in [1.29, 1.82) is 0 Å². The maximum Gasteiger partial charge on any atom is 0.127 e. The molecule has 0 saturated carbocycles. The SMILES string of the molecule is OCCOc1ccc2c(OCCO)cc3c4ccccc4c(OCCO)cc3c2c1. The van der Waals surface area contributed by atoms with Crippen LogP contribution in [0.3, 0.4) is 0 Å². The van der Waals surface area contributed by atoms with E-state index >= 15 is 0 Å². The van der Waals surface area contributed by atoms with Gasteiger partial charge in [0.15, 0.2) is 0 Å². The topological polar surface area (TPSA) is 88.4 Å². The van der Waals surface area contributed by atoms with Crippen molar-refractivity contribution < 1.29 is 29.5 Å². The minimum atomic E-state index is -0.0775. The summed E-state index contributed by atoms with van der Waals surface area (Å²) in [6.07, 6.45) is 0. The van der Waals surface area contributed by atoms with Crippen LogP contribution in [-0.4, -0.2) is 55.0 Å². The Morgan fingerprint density at radius 3 is 1.63 bits per heavy atom. The maximum atomic E-state index is 9.24. The molecule has 30 heavy (non-hydrogen) atoms. The third-order valence-electron chi connectivity index (χ3n) is 4.93. The van der Waals surface area contributed by atoms with Gasteiger partial charge in [0.1, 0.15) is 37.1 Å². The number of benzene rings is 4. The average Bonchev–Trinajstić information content (AvgIpc) is 2.79. The molecule has 3 N–H and O–H groups in total. The molecule has 0 radical (unpaired) electrons. The predicted molar refractivity (Wildman–Crippen MR) is 117 cm³/mol. The molecule has 6 nitrogen and oxygen atoms in total. The van der Waals surface area contributed by atoms with Crippen LogP contribution < -0.4 is 14.2 Å². The zero-order valence-corrected chi connectivity index (χ0v) is 16.5. The van der Waals surface area contributed by atoms with Crippen LogP contribution in [0.15, 0.2) is 54.6 Å². The van der Waals surface area contributed by atoms with Gasteiger partial charge in [-0.25, -0.2) is 0 Å². The summed E-state index contributed by atoms with van der Waals surface area (Å²) in [7, 11) is 0. The molecule has 4 aromatic carbocycles. The lowest BCUT2D eigenvalue weighted by atomic mass is 9.95. The summed E-state index contributed by atoms with van der Waals surface area (Å²) in [5, 5.41) is 33.2. The summed E-state index contributed by atoms with van der Waals surface area (Å²) in [6, 6.07) is 17.6. The Morgan fingerprint density at radius 2 is 1.00 bits per heavy atom. The smallest absolute Gasteiger partial charge is 0.127 e. The van der Waals surface area contributed by atoms with Gasteiger partial charge in [-0.1, -0.05) is 24.3 Å². The van der Waals surface area contributed by atoms with Crippen molar-refractivity contribution in [3.8, 4) is 17.2 Å². The third-order valence-corrected chi connectivity index (χ3v) is 4.93. The van der Waals surface area contributed by atoms with Crippen LogP contribution >= 0.6 is 0 Å². The number of aliphatic hydroxyl groups excluding tert-OH is 3. The van der Waals surface area contributed by atoms with Crippen molar-refractivity contribution in [3.05, 3.63) is 54.6 Å². The van der Waals surface area contributed by atoms with E-state index in [0.717, 1.165) is 32.3 Å². The van der Waals surface area contributed by atoms with Crippen LogP contribution in [0.5, 0.6) is 17.2 Å². The molecule has 0 fully saturated rings. The molecule has 0 aliphatic heterocycles. The summed E-state index contributed by atoms with van der Waals surface area (Å²) in [5.41, 5.74) is 0. The summed E-state index contributed by atoms with van der Waals surface area (Å²) in [4.78, 5) is 0. The number of fused-ring (bicyclic) bond motifs is 5. The van der Waals surface area contributed by atoms with Gasteiger partial charge in [0, 0.05) is 10.8 Å². The first-order valence-corrected chi connectivity index (χ1v) is 9.90. The van der Waals surface area contributed by atoms with Crippen LogP contribution in [0.4, 0.5) is 0 Å². The highest BCUT2D eigenvalue weighted by Crippen LogP contribution is 2.41. The number of hydrogen-bond acceptors (Lipinski definition) is 6. The molecule has 0 aliphatic rings. The molecule has 0 heterocycles. The Labute approximate surface area is 173 Å². The normalized spacial score (nSPS) is 11.3. The Kier molecular flexibility index (Phi) is 6.18. The quantitative estimate of drug-likeness (QED) is 0.369. The van der Waals surface area contributed by atoms with Crippen LogP contribution in [0.2, 0.25) is 0 Å². The van der Waals surface area contributed by atoms with Gasteiger partial charge in [0.25, 0.3) is 0 Å². The van der Waals surface area contributed by atoms with E-state index in [-0.39, 0.29) is 39.6 Å². The Hall–Kier alpha value is -3.06. The first-order chi connectivity index (χ1) is 14.8. The highest BCUT2D eigenvalue weighted by Gasteiger charge is 2.14. The monoisotopic (exact) mass is 408 g/mol. The van der Waals surface area contributed by atoms with E-state index in [1.54, 1.807) is 0 Å². The Morgan fingerprint density at radius 1 is 0.500 bits per heavy atom. The molecule has 0 unspecified atom stereocenters. The van der Waals surface area contributed by atoms with Gasteiger partial charge in [0.2, 0.25) is 0 Å². The molecule has 0 atom stereocenters. The number of aliphatic hydroxyl groups is 3. The molecule has 0 spiro atoms. The van der Waals surface area contributed by atoms with E-state index in [0.29, 0.717) is 17.2 Å². The van der Waals surface area contributed by atoms with Crippen molar-refractivity contribution in [1.82, 2.24) is 0 Å². The second kappa shape index (κ2) is 9.17. The van der Waals surface area contributed by atoms with E-state index in [4.69, 9.17) is 19.3 Å². The molecule has 156 valence electrons. The van der Waals surface area contributed by atoms with Crippen molar-refractivity contribution >= 4 is 32.3 Å². The summed E-state index contributed by atoms with van der Waals surface area (Å²) in [5.74, 6) is 2.01. The first-order valence-electron chi connectivity index (χ1n) is 9.90. The molecule has 0 saturated heterocycles. The van der Waals surface area contributed by atoms with Crippen LogP contribution in [0, 0.1) is 0 Å². The van der Waals surface area contributed by atoms with Gasteiger partial charge in [-0.2, -0.15) is 0 Å². The van der Waals surface area contributed by atoms with Gasteiger partial charge in [0.05, 0.1) is 19.8 Å². The van der Waals surface area contributed by atoms with Gasteiger partial charge >= 0.3 is 0 Å². The Bertz CT molecular complexity index is 1170. The number of rotatable bonds is 9. The molecule has 6 heteroatoms. The standard InChI is InChI=1S/C24H24O6/c25-7-10-28-16-5-6-19-20(13-16)22-15-23(29-11-8-26)18-4-2-1-3-17(18)21(22)14-24(19)30-12-9-27/h1-6,13-15,25-27H,7-12H2. The molecule has 0 amide bonds. The van der Waals surface area contributed by atoms with Crippen molar-refractivity contribution in [2.24, 2.45) is 0 Å². The fraction of sp³-hybridized carbons (Fsp3) is 0.250. The van der Waals surface area contributed by atoms with Crippen LogP contribution in [-0.2, 0) is 0 Å². The minimum absolute atomic E-state index is 0.0672. The molecular formula is C24H24O6. The second-order valence-electron chi connectivity index (χ2n) is 6.81. The van der Waals surface area contributed by atoms with Crippen molar-refractivity contribution in [3.63, 3.8) is 0 Å². The third kappa shape index (κ3) is 3.85. The van der Waals surface area contributed by atoms with Crippen molar-refractivity contribution in [2.45, 2.75) is 0 Å². The highest BCUT2D eigenvalue weighted by molar-refractivity contribution is 6.20. The van der Waals surface area contributed by atoms with E-state index in [1.807, 2.05) is 54.6 Å². The second-order valence-corrected chi connectivity index (χ2v) is 6.81. The molecule has 0 aliphatic carbocycles.